The monoisotopic (exact) mass is 335 g/mol. The number of amides is 2. The van der Waals surface area contributed by atoms with Crippen LogP contribution in [0.3, 0.4) is 0 Å². The van der Waals surface area contributed by atoms with Crippen molar-refractivity contribution in [2.75, 3.05) is 13.7 Å². The number of hydrogen-bond acceptors (Lipinski definition) is 6. The Morgan fingerprint density at radius 3 is 2.43 bits per heavy atom. The van der Waals surface area contributed by atoms with Crippen LogP contribution in [0.1, 0.15) is 19.4 Å². The summed E-state index contributed by atoms with van der Waals surface area (Å²) >= 11 is 0.907. The lowest BCUT2D eigenvalue weighted by molar-refractivity contribution is -0.149. The molecule has 2 rings (SSSR count). The SMILES string of the molecule is CC(C)OC(=O)COc1ccc(/C=C2/SC(=O)N(C)C2=O)cc1. The van der Waals surface area contributed by atoms with Gasteiger partial charge in [-0.3, -0.25) is 14.5 Å². The van der Waals surface area contributed by atoms with E-state index in [1.807, 2.05) is 0 Å². The van der Waals surface area contributed by atoms with Gasteiger partial charge in [0, 0.05) is 7.05 Å². The Kier molecular flexibility index (Phi) is 5.44. The number of hydrogen-bond donors (Lipinski definition) is 0. The van der Waals surface area contributed by atoms with E-state index in [1.165, 1.54) is 7.05 Å². The fourth-order valence-electron chi connectivity index (χ4n) is 1.80. The molecule has 23 heavy (non-hydrogen) atoms. The van der Waals surface area contributed by atoms with E-state index in [9.17, 15) is 14.4 Å². The van der Waals surface area contributed by atoms with Crippen LogP contribution in [0.15, 0.2) is 29.2 Å². The molecule has 1 aliphatic heterocycles. The van der Waals surface area contributed by atoms with Crippen molar-refractivity contribution >= 4 is 35.0 Å². The highest BCUT2D eigenvalue weighted by Gasteiger charge is 2.31. The molecule has 0 atom stereocenters. The van der Waals surface area contributed by atoms with E-state index in [4.69, 9.17) is 9.47 Å². The first-order valence-electron chi connectivity index (χ1n) is 7.00. The van der Waals surface area contributed by atoms with Crippen molar-refractivity contribution < 1.29 is 23.9 Å². The van der Waals surface area contributed by atoms with Crippen LogP contribution in [-0.2, 0) is 14.3 Å². The number of benzene rings is 1. The minimum Gasteiger partial charge on any atom is -0.482 e. The van der Waals surface area contributed by atoms with Gasteiger partial charge in [0.25, 0.3) is 11.1 Å². The molecule has 1 fully saturated rings. The predicted molar refractivity (Wildman–Crippen MR) is 86.9 cm³/mol. The lowest BCUT2D eigenvalue weighted by atomic mass is 10.2. The molecule has 0 aromatic heterocycles. The third kappa shape index (κ3) is 4.59. The van der Waals surface area contributed by atoms with E-state index in [-0.39, 0.29) is 23.9 Å². The number of likely N-dealkylation sites (N-methyl/N-ethyl adjacent to an activating group) is 1. The second kappa shape index (κ2) is 7.32. The maximum Gasteiger partial charge on any atom is 0.344 e. The third-order valence-electron chi connectivity index (χ3n) is 2.89. The Morgan fingerprint density at radius 2 is 1.91 bits per heavy atom. The zero-order valence-electron chi connectivity index (χ0n) is 13.1. The smallest absolute Gasteiger partial charge is 0.344 e. The van der Waals surface area contributed by atoms with Crippen molar-refractivity contribution in [1.82, 2.24) is 4.90 Å². The summed E-state index contributed by atoms with van der Waals surface area (Å²) in [5.74, 6) is -0.219. The predicted octanol–water partition coefficient (Wildman–Crippen LogP) is 2.68. The average molecular weight is 335 g/mol. The van der Waals surface area contributed by atoms with Crippen LogP contribution in [0, 0.1) is 0 Å². The topological polar surface area (TPSA) is 72.9 Å². The first-order valence-corrected chi connectivity index (χ1v) is 7.82. The zero-order chi connectivity index (χ0) is 17.0. The molecule has 1 aliphatic rings. The molecule has 1 heterocycles. The van der Waals surface area contributed by atoms with Crippen LogP contribution in [0.2, 0.25) is 0 Å². The Balaban J connectivity index is 1.96. The van der Waals surface area contributed by atoms with Crippen LogP contribution in [0.5, 0.6) is 5.75 Å². The maximum absolute atomic E-state index is 11.8. The summed E-state index contributed by atoms with van der Waals surface area (Å²) in [7, 11) is 1.45. The summed E-state index contributed by atoms with van der Waals surface area (Å²) < 4.78 is 10.3. The molecule has 0 N–H and O–H groups in total. The Hall–Kier alpha value is -2.28. The van der Waals surface area contributed by atoms with Crippen molar-refractivity contribution in [3.05, 3.63) is 34.7 Å². The molecule has 2 amide bonds. The highest BCUT2D eigenvalue weighted by atomic mass is 32.2. The molecular formula is C16H17NO5S. The number of rotatable bonds is 5. The van der Waals surface area contributed by atoms with Gasteiger partial charge in [-0.1, -0.05) is 12.1 Å². The highest BCUT2D eigenvalue weighted by molar-refractivity contribution is 8.18. The highest BCUT2D eigenvalue weighted by Crippen LogP contribution is 2.31. The molecule has 122 valence electrons. The number of thioether (sulfide) groups is 1. The summed E-state index contributed by atoms with van der Waals surface area (Å²) in [6, 6.07) is 6.86. The van der Waals surface area contributed by atoms with Gasteiger partial charge in [0.05, 0.1) is 11.0 Å². The van der Waals surface area contributed by atoms with E-state index in [0.29, 0.717) is 10.7 Å². The number of carbonyl (C=O) groups is 3. The van der Waals surface area contributed by atoms with Crippen molar-refractivity contribution in [2.45, 2.75) is 20.0 Å². The van der Waals surface area contributed by atoms with Gasteiger partial charge >= 0.3 is 5.97 Å². The third-order valence-corrected chi connectivity index (χ3v) is 3.85. The molecule has 0 radical (unpaired) electrons. The Labute approximate surface area is 138 Å². The average Bonchev–Trinajstić information content (AvgIpc) is 2.73. The van der Waals surface area contributed by atoms with Crippen LogP contribution in [0.25, 0.3) is 6.08 Å². The molecule has 1 aromatic carbocycles. The zero-order valence-corrected chi connectivity index (χ0v) is 13.9. The standard InChI is InChI=1S/C16H17NO5S/c1-10(2)22-14(18)9-21-12-6-4-11(5-7-12)8-13-15(19)17(3)16(20)23-13/h4-8,10H,9H2,1-3H3/b13-8+. The second-order valence-corrected chi connectivity index (χ2v) is 6.13. The Morgan fingerprint density at radius 1 is 1.26 bits per heavy atom. The van der Waals surface area contributed by atoms with Crippen LogP contribution in [0.4, 0.5) is 4.79 Å². The van der Waals surface area contributed by atoms with E-state index in [2.05, 4.69) is 0 Å². The minimum absolute atomic E-state index is 0.160. The molecule has 0 unspecified atom stereocenters. The molecule has 1 aromatic rings. The first-order chi connectivity index (χ1) is 10.9. The lowest BCUT2D eigenvalue weighted by Crippen LogP contribution is -2.22. The normalized spacial score (nSPS) is 16.3. The minimum atomic E-state index is -0.430. The number of nitrogens with zero attached hydrogens (tertiary/aromatic N) is 1. The summed E-state index contributed by atoms with van der Waals surface area (Å²) in [6.07, 6.45) is 1.47. The van der Waals surface area contributed by atoms with Crippen molar-refractivity contribution in [3.63, 3.8) is 0 Å². The number of esters is 1. The van der Waals surface area contributed by atoms with E-state index in [1.54, 1.807) is 44.2 Å². The van der Waals surface area contributed by atoms with Gasteiger partial charge in [-0.05, 0) is 49.4 Å². The van der Waals surface area contributed by atoms with Crippen molar-refractivity contribution in [3.8, 4) is 5.75 Å². The van der Waals surface area contributed by atoms with Crippen molar-refractivity contribution in [1.29, 1.82) is 0 Å². The van der Waals surface area contributed by atoms with Gasteiger partial charge in [-0.2, -0.15) is 0 Å². The quantitative estimate of drug-likeness (QED) is 0.608. The molecule has 1 saturated heterocycles. The summed E-state index contributed by atoms with van der Waals surface area (Å²) in [6.45, 7) is 3.38. The summed E-state index contributed by atoms with van der Waals surface area (Å²) in [4.78, 5) is 36.1. The van der Waals surface area contributed by atoms with Crippen LogP contribution < -0.4 is 4.74 Å². The number of ether oxygens (including phenoxy) is 2. The van der Waals surface area contributed by atoms with Gasteiger partial charge in [0.2, 0.25) is 0 Å². The number of imide groups is 1. The summed E-state index contributed by atoms with van der Waals surface area (Å²) in [5.41, 5.74) is 0.765. The lowest BCUT2D eigenvalue weighted by Gasteiger charge is -2.09. The molecule has 6 nitrogen and oxygen atoms in total. The van der Waals surface area contributed by atoms with Crippen molar-refractivity contribution in [2.24, 2.45) is 0 Å². The van der Waals surface area contributed by atoms with Crippen LogP contribution in [-0.4, -0.2) is 41.8 Å². The molecular weight excluding hydrogens is 318 g/mol. The van der Waals surface area contributed by atoms with Gasteiger partial charge in [0.1, 0.15) is 5.75 Å². The van der Waals surface area contributed by atoms with Gasteiger partial charge in [-0.15, -0.1) is 0 Å². The largest absolute Gasteiger partial charge is 0.482 e. The van der Waals surface area contributed by atoms with E-state index >= 15 is 0 Å². The Bertz CT molecular complexity index is 651. The second-order valence-electron chi connectivity index (χ2n) is 5.14. The maximum atomic E-state index is 11.8. The molecule has 7 heteroatoms. The summed E-state index contributed by atoms with van der Waals surface area (Å²) in [5, 5.41) is -0.287. The van der Waals surface area contributed by atoms with Gasteiger partial charge in [-0.25, -0.2) is 4.79 Å². The fourth-order valence-corrected chi connectivity index (χ4v) is 2.62. The van der Waals surface area contributed by atoms with E-state index in [0.717, 1.165) is 22.2 Å². The molecule has 0 spiro atoms. The fraction of sp³-hybridized carbons (Fsp3) is 0.312. The van der Waals surface area contributed by atoms with Crippen LogP contribution >= 0.6 is 11.8 Å². The van der Waals surface area contributed by atoms with Gasteiger partial charge in [0.15, 0.2) is 6.61 Å². The molecule has 0 aliphatic carbocycles. The number of carbonyl (C=O) groups excluding carboxylic acids is 3. The molecule has 0 saturated carbocycles. The van der Waals surface area contributed by atoms with Gasteiger partial charge < -0.3 is 9.47 Å². The molecule has 0 bridgehead atoms. The first kappa shape index (κ1) is 17.1. The van der Waals surface area contributed by atoms with E-state index < -0.39 is 5.97 Å².